The number of non-ortho nitro benzene ring substituents is 1. The molecule has 0 aromatic heterocycles. The molecule has 6 rings (SSSR count). The van der Waals surface area contributed by atoms with Crippen LogP contribution in [0.15, 0.2) is 102 Å². The number of nitro groups is 1. The maximum Gasteiger partial charge on any atom is 0.269 e. The number of aliphatic hydroxyl groups excluding tert-OH is 2. The summed E-state index contributed by atoms with van der Waals surface area (Å²) in [6, 6.07) is 17.3. The van der Waals surface area contributed by atoms with Crippen LogP contribution in [-0.4, -0.2) is 77.5 Å². The number of ether oxygens (including phenoxy) is 3. The number of likely N-dealkylation sites (N-methyl/N-ethyl adjacent to an activating group) is 1. The van der Waals surface area contributed by atoms with Crippen LogP contribution in [0.4, 0.5) is 10.1 Å². The second kappa shape index (κ2) is 19.4. The molecule has 3 aromatic carbocycles. The molecule has 1 fully saturated rings. The average molecular weight is 798 g/mol. The Kier molecular flexibility index (Phi) is 14.1. The van der Waals surface area contributed by atoms with Crippen LogP contribution in [0.3, 0.4) is 0 Å². The van der Waals surface area contributed by atoms with Crippen molar-refractivity contribution in [2.45, 2.75) is 69.3 Å². The second-order valence-corrected chi connectivity index (χ2v) is 15.0. The zero-order valence-corrected chi connectivity index (χ0v) is 33.0. The van der Waals surface area contributed by atoms with E-state index in [0.717, 1.165) is 36.8 Å². The SMILES string of the molecule is C=CCOC12Oc3ccc(OCc4ccccc4F)cc3C3C(CCCCO)C(CCCCO)C=C(C(=NOC)CC1N(C)C(=O)C=Cc1ccc([N+](=O)[O-])cc1)C32. The number of fused-ring (bicyclic) bond motifs is 2. The van der Waals surface area contributed by atoms with Gasteiger partial charge in [-0.3, -0.25) is 14.9 Å². The topological polar surface area (TPSA) is 153 Å². The smallest absolute Gasteiger partial charge is 0.269 e. The molecular weight excluding hydrogens is 746 g/mol. The highest BCUT2D eigenvalue weighted by Gasteiger charge is 2.65. The number of unbranched alkanes of at least 4 members (excludes halogenated alkanes) is 2. The monoisotopic (exact) mass is 797 g/mol. The molecule has 308 valence electrons. The number of carbonyl (C=O) groups excluding carboxylic acids is 1. The first-order chi connectivity index (χ1) is 28.1. The molecule has 1 amide bonds. The van der Waals surface area contributed by atoms with Gasteiger partial charge in [0.15, 0.2) is 0 Å². The molecule has 12 nitrogen and oxygen atoms in total. The Hall–Kier alpha value is -5.37. The fourth-order valence-corrected chi connectivity index (χ4v) is 8.85. The van der Waals surface area contributed by atoms with Gasteiger partial charge in [0.05, 0.1) is 23.2 Å². The molecule has 1 heterocycles. The fraction of sp³-hybridized carbons (Fsp3) is 0.422. The zero-order valence-electron chi connectivity index (χ0n) is 33.0. The molecule has 1 saturated carbocycles. The van der Waals surface area contributed by atoms with Crippen molar-refractivity contribution in [3.63, 3.8) is 0 Å². The van der Waals surface area contributed by atoms with E-state index >= 15 is 0 Å². The minimum Gasteiger partial charge on any atom is -0.489 e. The number of carbonyl (C=O) groups is 1. The van der Waals surface area contributed by atoms with Crippen LogP contribution in [0, 0.1) is 33.7 Å². The van der Waals surface area contributed by atoms with Crippen molar-refractivity contribution in [1.29, 1.82) is 0 Å². The lowest BCUT2D eigenvalue weighted by atomic mass is 9.55. The number of oxime groups is 1. The van der Waals surface area contributed by atoms with E-state index in [4.69, 9.17) is 19.0 Å². The summed E-state index contributed by atoms with van der Waals surface area (Å²) in [6.45, 7) is 4.22. The second-order valence-electron chi connectivity index (χ2n) is 15.0. The van der Waals surface area contributed by atoms with Gasteiger partial charge in [-0.1, -0.05) is 48.3 Å². The Balaban J connectivity index is 1.48. The van der Waals surface area contributed by atoms with E-state index in [1.807, 2.05) is 12.1 Å². The van der Waals surface area contributed by atoms with Crippen LogP contribution in [0.2, 0.25) is 0 Å². The molecule has 3 aromatic rings. The molecule has 0 radical (unpaired) electrons. The molecule has 6 unspecified atom stereocenters. The van der Waals surface area contributed by atoms with Crippen molar-refractivity contribution in [3.8, 4) is 11.5 Å². The Bertz CT molecular complexity index is 2020. The summed E-state index contributed by atoms with van der Waals surface area (Å²) >= 11 is 0. The standard InChI is InChI=1S/C45H52FN3O9/c1-4-25-57-45-41(48(2)42(52)22-17-30-15-18-33(19-16-30)49(53)54)28-39(47-55-3)36-26-31(11-7-9-23-50)35(13-8-10-24-51)43(44(36)45)37-27-34(20-21-40(37)58-45)56-29-32-12-5-6-14-38(32)46/h4-6,12,14-22,26-27,31,35,41,43-44,50-51H,1,7-11,13,23-25,28-29H2,2-3H3. The first kappa shape index (κ1) is 42.2. The molecule has 6 atom stereocenters. The molecule has 2 N–H and O–H groups in total. The minimum absolute atomic E-state index is 0.0146. The maximum atomic E-state index is 14.6. The van der Waals surface area contributed by atoms with Gasteiger partial charge >= 0.3 is 0 Å². The van der Waals surface area contributed by atoms with Gasteiger partial charge in [-0.05, 0) is 91.1 Å². The highest BCUT2D eigenvalue weighted by molar-refractivity contribution is 6.03. The van der Waals surface area contributed by atoms with Crippen LogP contribution in [0.25, 0.3) is 6.08 Å². The molecule has 0 saturated heterocycles. The number of nitrogens with zero attached hydrogens (tertiary/aromatic N) is 3. The van der Waals surface area contributed by atoms with Gasteiger partial charge < -0.3 is 34.2 Å². The third-order valence-electron chi connectivity index (χ3n) is 11.5. The summed E-state index contributed by atoms with van der Waals surface area (Å²) in [5.74, 6) is -1.74. The summed E-state index contributed by atoms with van der Waals surface area (Å²) in [5, 5.41) is 35.4. The summed E-state index contributed by atoms with van der Waals surface area (Å²) in [4.78, 5) is 31.9. The first-order valence-electron chi connectivity index (χ1n) is 19.8. The van der Waals surface area contributed by atoms with Gasteiger partial charge in [0, 0.05) is 61.9 Å². The predicted octanol–water partition coefficient (Wildman–Crippen LogP) is 7.75. The largest absolute Gasteiger partial charge is 0.489 e. The van der Waals surface area contributed by atoms with E-state index in [9.17, 15) is 29.5 Å². The Morgan fingerprint density at radius 3 is 2.52 bits per heavy atom. The summed E-state index contributed by atoms with van der Waals surface area (Å²) in [6.07, 6.45) is 11.6. The fourth-order valence-electron chi connectivity index (χ4n) is 8.85. The van der Waals surface area contributed by atoms with Crippen molar-refractivity contribution in [2.75, 3.05) is 34.0 Å². The molecule has 58 heavy (non-hydrogen) atoms. The maximum absolute atomic E-state index is 14.6. The van der Waals surface area contributed by atoms with Gasteiger partial charge in [-0.2, -0.15) is 0 Å². The normalized spacial score (nSPS) is 24.0. The Morgan fingerprint density at radius 2 is 1.83 bits per heavy atom. The van der Waals surface area contributed by atoms with Crippen molar-refractivity contribution in [2.24, 2.45) is 22.9 Å². The number of amides is 1. The van der Waals surface area contributed by atoms with E-state index in [2.05, 4.69) is 17.8 Å². The number of hydrogen-bond acceptors (Lipinski definition) is 10. The number of aliphatic hydroxyl groups is 2. The Morgan fingerprint density at radius 1 is 1.09 bits per heavy atom. The van der Waals surface area contributed by atoms with Crippen LogP contribution in [0.1, 0.15) is 67.6 Å². The third-order valence-corrected chi connectivity index (χ3v) is 11.5. The summed E-state index contributed by atoms with van der Waals surface area (Å²) in [7, 11) is 3.18. The molecule has 13 heteroatoms. The van der Waals surface area contributed by atoms with E-state index < -0.39 is 22.7 Å². The van der Waals surface area contributed by atoms with Crippen LogP contribution in [0.5, 0.6) is 11.5 Å². The highest BCUT2D eigenvalue weighted by Crippen LogP contribution is 2.61. The lowest BCUT2D eigenvalue weighted by Crippen LogP contribution is -2.69. The minimum atomic E-state index is -1.43. The van der Waals surface area contributed by atoms with E-state index in [1.54, 1.807) is 60.5 Å². The number of halogens is 1. The van der Waals surface area contributed by atoms with Gasteiger partial charge in [0.1, 0.15) is 37.1 Å². The van der Waals surface area contributed by atoms with E-state index in [1.165, 1.54) is 31.4 Å². The van der Waals surface area contributed by atoms with E-state index in [-0.39, 0.29) is 68.0 Å². The van der Waals surface area contributed by atoms with Crippen molar-refractivity contribution >= 4 is 23.4 Å². The highest BCUT2D eigenvalue weighted by atomic mass is 19.1. The third kappa shape index (κ3) is 9.01. The van der Waals surface area contributed by atoms with Crippen LogP contribution in [-0.2, 0) is 21.0 Å². The van der Waals surface area contributed by atoms with Crippen LogP contribution >= 0.6 is 0 Å². The molecule has 1 aliphatic heterocycles. The van der Waals surface area contributed by atoms with Gasteiger partial charge in [-0.25, -0.2) is 4.39 Å². The van der Waals surface area contributed by atoms with Gasteiger partial charge in [0.2, 0.25) is 11.7 Å². The summed E-state index contributed by atoms with van der Waals surface area (Å²) in [5.41, 5.74) is 3.41. The predicted molar refractivity (Wildman–Crippen MR) is 218 cm³/mol. The van der Waals surface area contributed by atoms with Gasteiger partial charge in [-0.15, -0.1) is 6.58 Å². The van der Waals surface area contributed by atoms with Gasteiger partial charge in [0.25, 0.3) is 5.69 Å². The lowest BCUT2D eigenvalue weighted by molar-refractivity contribution is -0.384. The van der Waals surface area contributed by atoms with E-state index in [0.29, 0.717) is 41.2 Å². The average Bonchev–Trinajstić information content (AvgIpc) is 3.23. The number of benzene rings is 3. The number of rotatable bonds is 19. The first-order valence-corrected chi connectivity index (χ1v) is 19.8. The molecule has 3 aliphatic rings. The molecule has 2 aliphatic carbocycles. The number of allylic oxidation sites excluding steroid dienone is 1. The van der Waals surface area contributed by atoms with Crippen molar-refractivity contribution < 1.29 is 43.4 Å². The number of nitro benzene ring substituents is 1. The quantitative estimate of drug-likeness (QED) is 0.0408. The molecular formula is C45H52FN3O9. The number of hydrogen-bond donors (Lipinski definition) is 2. The molecule has 0 spiro atoms. The Labute approximate surface area is 338 Å². The lowest BCUT2D eigenvalue weighted by Gasteiger charge is -2.59. The molecule has 0 bridgehead atoms. The van der Waals surface area contributed by atoms with Crippen molar-refractivity contribution in [3.05, 3.63) is 130 Å². The van der Waals surface area contributed by atoms with Crippen LogP contribution < -0.4 is 9.47 Å². The zero-order chi connectivity index (χ0) is 41.2. The van der Waals surface area contributed by atoms with Crippen molar-refractivity contribution in [1.82, 2.24) is 4.90 Å². The summed E-state index contributed by atoms with van der Waals surface area (Å²) < 4.78 is 34.9.